The highest BCUT2D eigenvalue weighted by molar-refractivity contribution is 5.97. The zero-order chi connectivity index (χ0) is 9.00. The summed E-state index contributed by atoms with van der Waals surface area (Å²) in [5, 5.41) is 0. The second-order valence-electron chi connectivity index (χ2n) is 4.07. The highest BCUT2D eigenvalue weighted by atomic mass is 16.6. The third kappa shape index (κ3) is 0.844. The van der Waals surface area contributed by atoms with E-state index in [0.29, 0.717) is 0 Å². The first kappa shape index (κ1) is 7.30. The zero-order valence-electron chi connectivity index (χ0n) is 7.21. The van der Waals surface area contributed by atoms with Gasteiger partial charge in [-0.1, -0.05) is 11.1 Å². The maximum atomic E-state index is 11.2. The molecule has 0 aromatic heterocycles. The molecule has 0 amide bonds. The van der Waals surface area contributed by atoms with E-state index in [2.05, 4.69) is 4.74 Å². The third-order valence-electron chi connectivity index (χ3n) is 3.45. The first-order chi connectivity index (χ1) is 6.25. The van der Waals surface area contributed by atoms with Crippen LogP contribution in [-0.4, -0.2) is 11.9 Å². The molecule has 3 heteroatoms. The summed E-state index contributed by atoms with van der Waals surface area (Å²) in [4.78, 5) is 22.5. The Morgan fingerprint density at radius 1 is 0.923 bits per heavy atom. The number of carbonyl (C=O) groups excluding carboxylic acids is 2. The number of hydrogen-bond acceptors (Lipinski definition) is 3. The fraction of sp³-hybridized carbons (Fsp3) is 0.600. The summed E-state index contributed by atoms with van der Waals surface area (Å²) < 4.78 is 4.63. The standard InChI is InChI=1S/C10H10O3/c11-9-7-3-5-1-2-6(5)4-8(7)10(12)13-9/h7-8H,1-4H2. The molecule has 3 rings (SSSR count). The second kappa shape index (κ2) is 2.22. The van der Waals surface area contributed by atoms with E-state index in [0.717, 1.165) is 25.7 Å². The number of fused-ring (bicyclic) bond motifs is 1. The number of ether oxygens (including phenoxy) is 1. The van der Waals surface area contributed by atoms with Crippen LogP contribution in [0.4, 0.5) is 0 Å². The van der Waals surface area contributed by atoms with Gasteiger partial charge < -0.3 is 4.74 Å². The van der Waals surface area contributed by atoms with E-state index in [-0.39, 0.29) is 23.8 Å². The van der Waals surface area contributed by atoms with Crippen molar-refractivity contribution in [3.05, 3.63) is 11.1 Å². The van der Waals surface area contributed by atoms with E-state index < -0.39 is 0 Å². The van der Waals surface area contributed by atoms with Crippen molar-refractivity contribution in [2.45, 2.75) is 25.7 Å². The second-order valence-corrected chi connectivity index (χ2v) is 4.07. The van der Waals surface area contributed by atoms with Crippen molar-refractivity contribution in [3.8, 4) is 0 Å². The van der Waals surface area contributed by atoms with Crippen LogP contribution < -0.4 is 0 Å². The number of cyclic esters (lactones) is 2. The van der Waals surface area contributed by atoms with Crippen LogP contribution in [-0.2, 0) is 14.3 Å². The maximum absolute atomic E-state index is 11.2. The van der Waals surface area contributed by atoms with Crippen LogP contribution in [0.15, 0.2) is 11.1 Å². The molecule has 0 bridgehead atoms. The lowest BCUT2D eigenvalue weighted by Crippen LogP contribution is -2.27. The average Bonchev–Trinajstić information content (AvgIpc) is 2.31. The Morgan fingerprint density at radius 3 is 1.77 bits per heavy atom. The molecule has 68 valence electrons. The first-order valence-electron chi connectivity index (χ1n) is 4.71. The lowest BCUT2D eigenvalue weighted by atomic mass is 9.69. The van der Waals surface area contributed by atoms with Crippen molar-refractivity contribution >= 4 is 11.9 Å². The lowest BCUT2D eigenvalue weighted by Gasteiger charge is -2.32. The highest BCUT2D eigenvalue weighted by Gasteiger charge is 2.48. The smallest absolute Gasteiger partial charge is 0.317 e. The molecule has 13 heavy (non-hydrogen) atoms. The summed E-state index contributed by atoms with van der Waals surface area (Å²) in [6.07, 6.45) is 3.81. The van der Waals surface area contributed by atoms with Gasteiger partial charge in [0.2, 0.25) is 0 Å². The monoisotopic (exact) mass is 178 g/mol. The van der Waals surface area contributed by atoms with Crippen LogP contribution in [0.2, 0.25) is 0 Å². The molecular weight excluding hydrogens is 168 g/mol. The number of rotatable bonds is 0. The molecule has 0 aromatic carbocycles. The van der Waals surface area contributed by atoms with E-state index in [9.17, 15) is 9.59 Å². The molecule has 2 aliphatic carbocycles. The van der Waals surface area contributed by atoms with Gasteiger partial charge >= 0.3 is 11.9 Å². The number of hydrogen-bond donors (Lipinski definition) is 0. The van der Waals surface area contributed by atoms with Gasteiger partial charge in [-0.25, -0.2) is 0 Å². The molecule has 1 saturated heterocycles. The van der Waals surface area contributed by atoms with Crippen LogP contribution in [0.5, 0.6) is 0 Å². The van der Waals surface area contributed by atoms with Crippen LogP contribution >= 0.6 is 0 Å². The van der Waals surface area contributed by atoms with E-state index in [4.69, 9.17) is 0 Å². The predicted octanol–water partition coefficient (Wildman–Crippen LogP) is 1.19. The molecule has 0 spiro atoms. The van der Waals surface area contributed by atoms with Crippen LogP contribution in [0.3, 0.4) is 0 Å². The van der Waals surface area contributed by atoms with Gasteiger partial charge in [-0.05, 0) is 25.7 Å². The molecule has 1 aliphatic heterocycles. The van der Waals surface area contributed by atoms with Crippen LogP contribution in [0.1, 0.15) is 25.7 Å². The van der Waals surface area contributed by atoms with Crippen molar-refractivity contribution < 1.29 is 14.3 Å². The summed E-state index contributed by atoms with van der Waals surface area (Å²) in [6.45, 7) is 0. The molecule has 0 radical (unpaired) electrons. The fourth-order valence-corrected chi connectivity index (χ4v) is 2.53. The summed E-state index contributed by atoms with van der Waals surface area (Å²) in [5.74, 6) is -0.889. The van der Waals surface area contributed by atoms with Crippen molar-refractivity contribution in [1.82, 2.24) is 0 Å². The molecule has 0 N–H and O–H groups in total. The zero-order valence-corrected chi connectivity index (χ0v) is 7.21. The Morgan fingerprint density at radius 2 is 1.38 bits per heavy atom. The van der Waals surface area contributed by atoms with Gasteiger partial charge in [-0.15, -0.1) is 0 Å². The van der Waals surface area contributed by atoms with E-state index >= 15 is 0 Å². The summed E-state index contributed by atoms with van der Waals surface area (Å²) in [5.41, 5.74) is 2.82. The Hall–Kier alpha value is -1.12. The average molecular weight is 178 g/mol. The highest BCUT2D eigenvalue weighted by Crippen LogP contribution is 2.47. The topological polar surface area (TPSA) is 43.4 Å². The molecule has 2 unspecified atom stereocenters. The minimum Gasteiger partial charge on any atom is -0.393 e. The van der Waals surface area contributed by atoms with Gasteiger partial charge in [0, 0.05) is 0 Å². The summed E-state index contributed by atoms with van der Waals surface area (Å²) >= 11 is 0. The Kier molecular flexibility index (Phi) is 1.25. The Labute approximate surface area is 75.8 Å². The van der Waals surface area contributed by atoms with Crippen molar-refractivity contribution in [2.75, 3.05) is 0 Å². The molecule has 0 saturated carbocycles. The SMILES string of the molecule is O=C1OC(=O)C2CC3=C(CC3)CC12. The molecular formula is C10H10O3. The third-order valence-corrected chi connectivity index (χ3v) is 3.45. The van der Waals surface area contributed by atoms with Crippen molar-refractivity contribution in [2.24, 2.45) is 11.8 Å². The Bertz CT molecular complexity index is 308. The summed E-state index contributed by atoms with van der Waals surface area (Å²) in [7, 11) is 0. The molecule has 0 aromatic rings. The maximum Gasteiger partial charge on any atom is 0.317 e. The number of allylic oxidation sites excluding steroid dienone is 2. The van der Waals surface area contributed by atoms with Crippen LogP contribution in [0, 0.1) is 11.8 Å². The minimum atomic E-state index is -0.298. The molecule has 3 nitrogen and oxygen atoms in total. The first-order valence-corrected chi connectivity index (χ1v) is 4.71. The molecule has 3 aliphatic rings. The molecule has 1 heterocycles. The van der Waals surface area contributed by atoms with Gasteiger partial charge in [-0.2, -0.15) is 0 Å². The minimum absolute atomic E-state index is 0.147. The van der Waals surface area contributed by atoms with Gasteiger partial charge in [0.15, 0.2) is 0 Å². The van der Waals surface area contributed by atoms with Gasteiger partial charge in [0.25, 0.3) is 0 Å². The molecule has 2 atom stereocenters. The van der Waals surface area contributed by atoms with E-state index in [1.165, 1.54) is 11.1 Å². The number of esters is 2. The largest absolute Gasteiger partial charge is 0.393 e. The van der Waals surface area contributed by atoms with Gasteiger partial charge in [0.1, 0.15) is 0 Å². The number of carbonyl (C=O) groups is 2. The van der Waals surface area contributed by atoms with Crippen molar-refractivity contribution in [3.63, 3.8) is 0 Å². The summed E-state index contributed by atoms with van der Waals surface area (Å²) in [6, 6.07) is 0. The Balaban J connectivity index is 1.96. The normalized spacial score (nSPS) is 36.6. The van der Waals surface area contributed by atoms with Crippen LogP contribution in [0.25, 0.3) is 0 Å². The fourth-order valence-electron chi connectivity index (χ4n) is 2.53. The van der Waals surface area contributed by atoms with Gasteiger partial charge in [0.05, 0.1) is 11.8 Å². The van der Waals surface area contributed by atoms with E-state index in [1.54, 1.807) is 0 Å². The quantitative estimate of drug-likeness (QED) is 0.318. The van der Waals surface area contributed by atoms with Gasteiger partial charge in [-0.3, -0.25) is 9.59 Å². The lowest BCUT2D eigenvalue weighted by molar-refractivity contribution is -0.153. The molecule has 1 fully saturated rings. The van der Waals surface area contributed by atoms with Crippen molar-refractivity contribution in [1.29, 1.82) is 0 Å². The predicted molar refractivity (Wildman–Crippen MR) is 43.6 cm³/mol. The van der Waals surface area contributed by atoms with E-state index in [1.807, 2.05) is 0 Å².